The van der Waals surface area contributed by atoms with Crippen LogP contribution >= 0.6 is 0 Å². The smallest absolute Gasteiger partial charge is 0.339 e. The van der Waals surface area contributed by atoms with Gasteiger partial charge >= 0.3 is 12.1 Å². The van der Waals surface area contributed by atoms with Crippen LogP contribution in [-0.4, -0.2) is 23.9 Å². The Morgan fingerprint density at radius 3 is 2.00 bits per heavy atom. The first kappa shape index (κ1) is 10.9. The highest BCUT2D eigenvalue weighted by atomic mass is 19.4. The topological polar surface area (TPSA) is 46.2 Å². The number of Topliss-reactive ketones (excluding diaryl/α,β-unsaturated/α-hetero) is 1. The van der Waals surface area contributed by atoms with Gasteiger partial charge < -0.3 is 5.32 Å². The summed E-state index contributed by atoms with van der Waals surface area (Å²) in [4.78, 5) is 20.6. The Hall–Kier alpha value is -1.07. The highest BCUT2D eigenvalue weighted by Gasteiger charge is 2.39. The summed E-state index contributed by atoms with van der Waals surface area (Å²) in [5, 5.41) is 1.51. The minimum Gasteiger partial charge on any atom is -0.339 e. The van der Waals surface area contributed by atoms with Gasteiger partial charge in [-0.2, -0.15) is 13.2 Å². The normalized spacial score (nSPS) is 13.8. The Morgan fingerprint density at radius 2 is 1.75 bits per heavy atom. The summed E-state index contributed by atoms with van der Waals surface area (Å²) in [6.07, 6.45) is -4.93. The van der Waals surface area contributed by atoms with E-state index in [1.807, 2.05) is 0 Å². The molecule has 0 fully saturated rings. The molecule has 0 aliphatic rings. The van der Waals surface area contributed by atoms with Crippen LogP contribution in [0.5, 0.6) is 0 Å². The lowest BCUT2D eigenvalue weighted by atomic mass is 10.2. The van der Waals surface area contributed by atoms with Crippen molar-refractivity contribution < 1.29 is 22.8 Å². The molecule has 0 bridgehead atoms. The summed E-state index contributed by atoms with van der Waals surface area (Å²) in [6, 6.07) is -1.10. The summed E-state index contributed by atoms with van der Waals surface area (Å²) in [6.45, 7) is 2.29. The quantitative estimate of drug-likeness (QED) is 0.682. The summed E-state index contributed by atoms with van der Waals surface area (Å²) in [5.74, 6) is -2.61. The molecule has 0 aromatic carbocycles. The molecule has 70 valence electrons. The fraction of sp³-hybridized carbons (Fsp3) is 0.667. The average molecular weight is 183 g/mol. The van der Waals surface area contributed by atoms with E-state index in [1.54, 1.807) is 0 Å². The van der Waals surface area contributed by atoms with Gasteiger partial charge in [0.25, 0.3) is 0 Å². The zero-order chi connectivity index (χ0) is 9.94. The largest absolute Gasteiger partial charge is 0.471 e. The number of alkyl halides is 3. The van der Waals surface area contributed by atoms with Gasteiger partial charge in [-0.25, -0.2) is 0 Å². The lowest BCUT2D eigenvalue weighted by Crippen LogP contribution is -2.44. The minimum atomic E-state index is -4.93. The molecule has 12 heavy (non-hydrogen) atoms. The maximum Gasteiger partial charge on any atom is 0.471 e. The molecule has 0 aromatic rings. The molecule has 0 radical (unpaired) electrons. The molecule has 0 saturated carbocycles. The van der Waals surface area contributed by atoms with Gasteiger partial charge in [0.15, 0.2) is 5.78 Å². The summed E-state index contributed by atoms with van der Waals surface area (Å²) in [7, 11) is 0. The van der Waals surface area contributed by atoms with E-state index in [-0.39, 0.29) is 0 Å². The number of rotatable bonds is 2. The third-order valence-electron chi connectivity index (χ3n) is 1.21. The monoisotopic (exact) mass is 183 g/mol. The van der Waals surface area contributed by atoms with E-state index in [1.165, 1.54) is 12.2 Å². The first-order valence-corrected chi connectivity index (χ1v) is 3.13. The van der Waals surface area contributed by atoms with Crippen molar-refractivity contribution in [2.75, 3.05) is 0 Å². The number of halogens is 3. The number of amides is 1. The second kappa shape index (κ2) is 3.55. The molecule has 6 heteroatoms. The SMILES string of the molecule is CC(=O)[C@H](C)NC(=O)C(F)(F)F. The summed E-state index contributed by atoms with van der Waals surface area (Å²) < 4.78 is 34.6. The van der Waals surface area contributed by atoms with Crippen LogP contribution in [0.1, 0.15) is 13.8 Å². The molecule has 0 spiro atoms. The molecule has 0 aliphatic carbocycles. The third kappa shape index (κ3) is 3.36. The lowest BCUT2D eigenvalue weighted by molar-refractivity contribution is -0.174. The molecular weight excluding hydrogens is 175 g/mol. The van der Waals surface area contributed by atoms with Crippen molar-refractivity contribution in [3.8, 4) is 0 Å². The van der Waals surface area contributed by atoms with Gasteiger partial charge in [-0.3, -0.25) is 9.59 Å². The summed E-state index contributed by atoms with van der Waals surface area (Å²) in [5.41, 5.74) is 0. The predicted octanol–water partition coefficient (Wildman–Crippen LogP) is 0.642. The van der Waals surface area contributed by atoms with E-state index in [0.717, 1.165) is 6.92 Å². The Kier molecular flexibility index (Phi) is 3.24. The van der Waals surface area contributed by atoms with Crippen molar-refractivity contribution in [3.05, 3.63) is 0 Å². The van der Waals surface area contributed by atoms with Gasteiger partial charge in [0.05, 0.1) is 6.04 Å². The molecule has 1 N–H and O–H groups in total. The van der Waals surface area contributed by atoms with Crippen molar-refractivity contribution in [3.63, 3.8) is 0 Å². The van der Waals surface area contributed by atoms with E-state index in [2.05, 4.69) is 0 Å². The van der Waals surface area contributed by atoms with Gasteiger partial charge in [-0.1, -0.05) is 0 Å². The van der Waals surface area contributed by atoms with Crippen molar-refractivity contribution in [1.29, 1.82) is 0 Å². The molecule has 0 unspecified atom stereocenters. The third-order valence-corrected chi connectivity index (χ3v) is 1.21. The predicted molar refractivity (Wildman–Crippen MR) is 34.3 cm³/mol. The van der Waals surface area contributed by atoms with Crippen LogP contribution in [-0.2, 0) is 9.59 Å². The highest BCUT2D eigenvalue weighted by Crippen LogP contribution is 2.14. The van der Waals surface area contributed by atoms with E-state index >= 15 is 0 Å². The lowest BCUT2D eigenvalue weighted by Gasteiger charge is -2.11. The van der Waals surface area contributed by atoms with Crippen molar-refractivity contribution >= 4 is 11.7 Å². The zero-order valence-corrected chi connectivity index (χ0v) is 6.53. The molecular formula is C6H8F3NO2. The average Bonchev–Trinajstić information content (AvgIpc) is 1.85. The minimum absolute atomic E-state index is 0.521. The van der Waals surface area contributed by atoms with Crippen LogP contribution in [0.2, 0.25) is 0 Å². The first-order valence-electron chi connectivity index (χ1n) is 3.13. The van der Waals surface area contributed by atoms with Gasteiger partial charge in [-0.15, -0.1) is 0 Å². The molecule has 0 heterocycles. The van der Waals surface area contributed by atoms with Crippen LogP contribution in [0.25, 0.3) is 0 Å². The van der Waals surface area contributed by atoms with Crippen LogP contribution in [0, 0.1) is 0 Å². The number of hydrogen-bond acceptors (Lipinski definition) is 2. The Labute approximate surface area is 66.9 Å². The van der Waals surface area contributed by atoms with E-state index in [9.17, 15) is 22.8 Å². The standard InChI is InChI=1S/C6H8F3NO2/c1-3(4(2)11)10-5(12)6(7,8)9/h3H,1-2H3,(H,10,12)/t3-/m0/s1. The fourth-order valence-corrected chi connectivity index (χ4v) is 0.380. The van der Waals surface area contributed by atoms with Gasteiger partial charge in [0.1, 0.15) is 0 Å². The maximum atomic E-state index is 11.5. The van der Waals surface area contributed by atoms with Crippen LogP contribution in [0.3, 0.4) is 0 Å². The number of ketones is 1. The number of carbonyl (C=O) groups is 2. The molecule has 3 nitrogen and oxygen atoms in total. The van der Waals surface area contributed by atoms with Crippen LogP contribution in [0.15, 0.2) is 0 Å². The molecule has 1 atom stereocenters. The van der Waals surface area contributed by atoms with E-state index in [4.69, 9.17) is 0 Å². The number of nitrogens with one attached hydrogen (secondary N) is 1. The first-order chi connectivity index (χ1) is 5.25. The second-order valence-electron chi connectivity index (χ2n) is 2.30. The second-order valence-corrected chi connectivity index (χ2v) is 2.30. The van der Waals surface area contributed by atoms with E-state index < -0.39 is 23.9 Å². The molecule has 0 aromatic heterocycles. The van der Waals surface area contributed by atoms with E-state index in [0.29, 0.717) is 0 Å². The molecule has 0 saturated heterocycles. The van der Waals surface area contributed by atoms with Gasteiger partial charge in [0, 0.05) is 0 Å². The van der Waals surface area contributed by atoms with Gasteiger partial charge in [0.2, 0.25) is 0 Å². The van der Waals surface area contributed by atoms with Crippen molar-refractivity contribution in [1.82, 2.24) is 5.32 Å². The Balaban J connectivity index is 4.11. The van der Waals surface area contributed by atoms with Crippen molar-refractivity contribution in [2.24, 2.45) is 0 Å². The molecule has 1 amide bonds. The highest BCUT2D eigenvalue weighted by molar-refractivity contribution is 5.89. The molecule has 0 aliphatic heterocycles. The van der Waals surface area contributed by atoms with Crippen LogP contribution < -0.4 is 5.32 Å². The fourth-order valence-electron chi connectivity index (χ4n) is 0.380. The maximum absolute atomic E-state index is 11.5. The number of carbonyl (C=O) groups excluding carboxylic acids is 2. The van der Waals surface area contributed by atoms with Gasteiger partial charge in [-0.05, 0) is 13.8 Å². The molecule has 0 rings (SSSR count). The number of hydrogen-bond donors (Lipinski definition) is 1. The Morgan fingerprint density at radius 1 is 1.33 bits per heavy atom. The zero-order valence-electron chi connectivity index (χ0n) is 6.53. The Bertz CT molecular complexity index is 199. The summed E-state index contributed by atoms with van der Waals surface area (Å²) >= 11 is 0. The van der Waals surface area contributed by atoms with Crippen LogP contribution in [0.4, 0.5) is 13.2 Å². The van der Waals surface area contributed by atoms with Crippen molar-refractivity contribution in [2.45, 2.75) is 26.1 Å².